The third-order valence-electron chi connectivity index (χ3n) is 3.90. The molecule has 0 N–H and O–H groups in total. The van der Waals surface area contributed by atoms with Crippen molar-refractivity contribution in [2.24, 2.45) is 13.0 Å². The van der Waals surface area contributed by atoms with Crippen LogP contribution in [0.2, 0.25) is 0 Å². The van der Waals surface area contributed by atoms with E-state index < -0.39 is 0 Å². The number of imide groups is 1. The summed E-state index contributed by atoms with van der Waals surface area (Å²) in [7, 11) is 1.85. The molecule has 6 heteroatoms. The first-order chi connectivity index (χ1) is 11.1. The standard InChI is InChI=1S/C17H19N3O2S/c1-19-12-13(11-18-19)9-14-10-16(21)20(17(14)22)7-8-23-15-5-3-2-4-6-15/h2-6,11-12,14H,7-10H2,1H3/t14-/m1/s1. The fraction of sp³-hybridized carbons (Fsp3) is 0.353. The number of nitrogens with zero attached hydrogens (tertiary/aromatic N) is 3. The topological polar surface area (TPSA) is 55.2 Å². The van der Waals surface area contributed by atoms with Gasteiger partial charge in [-0.15, -0.1) is 11.8 Å². The molecule has 2 aromatic rings. The second-order valence-electron chi connectivity index (χ2n) is 5.67. The third kappa shape index (κ3) is 3.82. The summed E-state index contributed by atoms with van der Waals surface area (Å²) in [5, 5.41) is 4.11. The second-order valence-corrected chi connectivity index (χ2v) is 6.84. The number of benzene rings is 1. The number of aromatic nitrogens is 2. The molecule has 120 valence electrons. The highest BCUT2D eigenvalue weighted by Gasteiger charge is 2.38. The van der Waals surface area contributed by atoms with Crippen LogP contribution in [-0.4, -0.2) is 38.8 Å². The van der Waals surface area contributed by atoms with E-state index in [2.05, 4.69) is 5.10 Å². The molecular weight excluding hydrogens is 310 g/mol. The number of thioether (sulfide) groups is 1. The molecule has 1 saturated heterocycles. The fourth-order valence-electron chi connectivity index (χ4n) is 2.78. The largest absolute Gasteiger partial charge is 0.282 e. The van der Waals surface area contributed by atoms with Gasteiger partial charge in [0.1, 0.15) is 0 Å². The summed E-state index contributed by atoms with van der Waals surface area (Å²) in [5.74, 6) is 0.375. The molecule has 1 aromatic heterocycles. The normalized spacial score (nSPS) is 18.0. The summed E-state index contributed by atoms with van der Waals surface area (Å²) in [5.41, 5.74) is 0.999. The Kier molecular flexibility index (Phi) is 4.81. The van der Waals surface area contributed by atoms with Crippen molar-refractivity contribution in [2.75, 3.05) is 12.3 Å². The van der Waals surface area contributed by atoms with Crippen LogP contribution >= 0.6 is 11.8 Å². The molecule has 3 rings (SSSR count). The van der Waals surface area contributed by atoms with Crippen LogP contribution in [0.15, 0.2) is 47.6 Å². The SMILES string of the molecule is Cn1cc(C[C@@H]2CC(=O)N(CCSc3ccccc3)C2=O)cn1. The molecule has 1 aliphatic heterocycles. The lowest BCUT2D eigenvalue weighted by atomic mass is 10.0. The number of hydrogen-bond acceptors (Lipinski definition) is 4. The molecule has 0 radical (unpaired) electrons. The Morgan fingerprint density at radius 1 is 1.26 bits per heavy atom. The zero-order valence-electron chi connectivity index (χ0n) is 13.0. The van der Waals surface area contributed by atoms with E-state index in [1.54, 1.807) is 22.6 Å². The van der Waals surface area contributed by atoms with Crippen molar-refractivity contribution in [3.05, 3.63) is 48.3 Å². The van der Waals surface area contributed by atoms with Gasteiger partial charge >= 0.3 is 0 Å². The van der Waals surface area contributed by atoms with Crippen LogP contribution in [0.1, 0.15) is 12.0 Å². The highest BCUT2D eigenvalue weighted by atomic mass is 32.2. The van der Waals surface area contributed by atoms with Crippen LogP contribution < -0.4 is 0 Å². The minimum absolute atomic E-state index is 0.0486. The molecule has 0 saturated carbocycles. The number of amides is 2. The van der Waals surface area contributed by atoms with E-state index in [1.807, 2.05) is 43.6 Å². The molecule has 0 spiro atoms. The molecular formula is C17H19N3O2S. The van der Waals surface area contributed by atoms with E-state index in [1.165, 1.54) is 4.90 Å². The van der Waals surface area contributed by atoms with E-state index in [0.29, 0.717) is 19.4 Å². The molecule has 0 aliphatic carbocycles. The molecule has 0 bridgehead atoms. The highest BCUT2D eigenvalue weighted by Crippen LogP contribution is 2.25. The van der Waals surface area contributed by atoms with Crippen molar-refractivity contribution < 1.29 is 9.59 Å². The third-order valence-corrected chi connectivity index (χ3v) is 4.90. The van der Waals surface area contributed by atoms with E-state index in [-0.39, 0.29) is 17.7 Å². The zero-order valence-corrected chi connectivity index (χ0v) is 13.8. The lowest BCUT2D eigenvalue weighted by molar-refractivity contribution is -0.138. The fourth-order valence-corrected chi connectivity index (χ4v) is 3.64. The van der Waals surface area contributed by atoms with Gasteiger partial charge in [0.15, 0.2) is 0 Å². The molecule has 2 amide bonds. The summed E-state index contributed by atoms with van der Waals surface area (Å²) in [6, 6.07) is 10.0. The van der Waals surface area contributed by atoms with E-state index in [0.717, 1.165) is 16.2 Å². The van der Waals surface area contributed by atoms with Crippen molar-refractivity contribution >= 4 is 23.6 Å². The minimum atomic E-state index is -0.242. The Labute approximate surface area is 139 Å². The van der Waals surface area contributed by atoms with Crippen molar-refractivity contribution in [2.45, 2.75) is 17.7 Å². The lowest BCUT2D eigenvalue weighted by Crippen LogP contribution is -2.33. The molecule has 23 heavy (non-hydrogen) atoms. The van der Waals surface area contributed by atoms with Crippen LogP contribution in [0.4, 0.5) is 0 Å². The maximum Gasteiger partial charge on any atom is 0.233 e. The quantitative estimate of drug-likeness (QED) is 0.602. The van der Waals surface area contributed by atoms with Gasteiger partial charge in [-0.25, -0.2) is 0 Å². The van der Waals surface area contributed by atoms with Gasteiger partial charge in [-0.05, 0) is 24.1 Å². The van der Waals surface area contributed by atoms with E-state index in [9.17, 15) is 9.59 Å². The summed E-state index contributed by atoms with van der Waals surface area (Å²) in [6.07, 6.45) is 4.54. The summed E-state index contributed by atoms with van der Waals surface area (Å²) in [6.45, 7) is 0.473. The van der Waals surface area contributed by atoms with Crippen molar-refractivity contribution in [3.63, 3.8) is 0 Å². The van der Waals surface area contributed by atoms with Crippen LogP contribution in [0.25, 0.3) is 0 Å². The molecule has 0 unspecified atom stereocenters. The van der Waals surface area contributed by atoms with Gasteiger partial charge in [0.05, 0.1) is 12.1 Å². The van der Waals surface area contributed by atoms with Gasteiger partial charge in [0, 0.05) is 36.9 Å². The number of aryl methyl sites for hydroxylation is 1. The summed E-state index contributed by atoms with van der Waals surface area (Å²) >= 11 is 1.66. The van der Waals surface area contributed by atoms with Gasteiger partial charge in [-0.3, -0.25) is 19.2 Å². The number of hydrogen-bond donors (Lipinski definition) is 0. The molecule has 1 aliphatic rings. The predicted molar refractivity (Wildman–Crippen MR) is 88.9 cm³/mol. The summed E-state index contributed by atoms with van der Waals surface area (Å²) in [4.78, 5) is 27.1. The Bertz CT molecular complexity index is 699. The van der Waals surface area contributed by atoms with Crippen LogP contribution in [0.5, 0.6) is 0 Å². The Morgan fingerprint density at radius 3 is 2.74 bits per heavy atom. The number of carbonyl (C=O) groups is 2. The van der Waals surface area contributed by atoms with Gasteiger partial charge in [-0.2, -0.15) is 5.10 Å². The highest BCUT2D eigenvalue weighted by molar-refractivity contribution is 7.99. The first-order valence-electron chi connectivity index (χ1n) is 7.63. The smallest absolute Gasteiger partial charge is 0.233 e. The first-order valence-corrected chi connectivity index (χ1v) is 8.61. The van der Waals surface area contributed by atoms with Crippen LogP contribution in [-0.2, 0) is 23.1 Å². The monoisotopic (exact) mass is 329 g/mol. The van der Waals surface area contributed by atoms with Crippen LogP contribution in [0, 0.1) is 5.92 Å². The predicted octanol–water partition coefficient (Wildman–Crippen LogP) is 2.13. The average molecular weight is 329 g/mol. The van der Waals surface area contributed by atoms with Gasteiger partial charge < -0.3 is 0 Å². The van der Waals surface area contributed by atoms with Crippen molar-refractivity contribution in [3.8, 4) is 0 Å². The summed E-state index contributed by atoms with van der Waals surface area (Å²) < 4.78 is 1.71. The van der Waals surface area contributed by atoms with Gasteiger partial charge in [0.2, 0.25) is 11.8 Å². The van der Waals surface area contributed by atoms with Crippen molar-refractivity contribution in [1.29, 1.82) is 0 Å². The van der Waals surface area contributed by atoms with Crippen molar-refractivity contribution in [1.82, 2.24) is 14.7 Å². The molecule has 2 heterocycles. The maximum atomic E-state index is 12.4. The molecule has 1 atom stereocenters. The maximum absolute atomic E-state index is 12.4. The average Bonchev–Trinajstić information content (AvgIpc) is 3.06. The second kappa shape index (κ2) is 7.00. The number of likely N-dealkylation sites (tertiary alicyclic amines) is 1. The van der Waals surface area contributed by atoms with Gasteiger partial charge in [0.25, 0.3) is 0 Å². The lowest BCUT2D eigenvalue weighted by Gasteiger charge is -2.14. The number of carbonyl (C=O) groups excluding carboxylic acids is 2. The first kappa shape index (κ1) is 15.8. The molecule has 5 nitrogen and oxygen atoms in total. The van der Waals surface area contributed by atoms with E-state index >= 15 is 0 Å². The zero-order chi connectivity index (χ0) is 16.2. The van der Waals surface area contributed by atoms with E-state index in [4.69, 9.17) is 0 Å². The van der Waals surface area contributed by atoms with Gasteiger partial charge in [-0.1, -0.05) is 18.2 Å². The molecule has 1 fully saturated rings. The number of rotatable bonds is 6. The Morgan fingerprint density at radius 2 is 2.04 bits per heavy atom. The van der Waals surface area contributed by atoms with Crippen LogP contribution in [0.3, 0.4) is 0 Å². The Balaban J connectivity index is 1.54. The minimum Gasteiger partial charge on any atom is -0.282 e. The molecule has 1 aromatic carbocycles. The Hall–Kier alpha value is -2.08.